The smallest absolute Gasteiger partial charge is 0.270 e. The molecule has 5 rings (SSSR count). The van der Waals surface area contributed by atoms with Crippen LogP contribution in [-0.4, -0.2) is 45.5 Å². The highest BCUT2D eigenvalue weighted by Gasteiger charge is 2.44. The van der Waals surface area contributed by atoms with E-state index >= 15 is 0 Å². The molecule has 0 saturated carbocycles. The van der Waals surface area contributed by atoms with Crippen molar-refractivity contribution in [1.29, 1.82) is 0 Å². The first-order valence-corrected chi connectivity index (χ1v) is 9.79. The van der Waals surface area contributed by atoms with Crippen molar-refractivity contribution < 1.29 is 4.79 Å². The molecule has 1 aliphatic carbocycles. The van der Waals surface area contributed by atoms with Crippen LogP contribution >= 0.6 is 0 Å². The molecule has 2 aliphatic heterocycles. The fraction of sp³-hybridized carbons (Fsp3) is 0.550. The van der Waals surface area contributed by atoms with Gasteiger partial charge in [0.2, 0.25) is 0 Å². The first-order valence-electron chi connectivity index (χ1n) is 9.79. The predicted octanol–water partition coefficient (Wildman–Crippen LogP) is 1.65. The van der Waals surface area contributed by atoms with Crippen LogP contribution in [0.1, 0.15) is 58.2 Å². The number of hydrogen-bond donors (Lipinski definition) is 1. The van der Waals surface area contributed by atoms with Crippen LogP contribution in [0.15, 0.2) is 6.20 Å². The van der Waals surface area contributed by atoms with Gasteiger partial charge in [-0.15, -0.1) is 0 Å². The zero-order chi connectivity index (χ0) is 18.6. The van der Waals surface area contributed by atoms with Gasteiger partial charge < -0.3 is 10.2 Å². The first-order chi connectivity index (χ1) is 13.1. The molecule has 1 N–H and O–H groups in total. The summed E-state index contributed by atoms with van der Waals surface area (Å²) in [4.78, 5) is 33.1. The molecular weight excluding hydrogens is 340 g/mol. The Morgan fingerprint density at radius 3 is 2.89 bits per heavy atom. The summed E-state index contributed by atoms with van der Waals surface area (Å²) < 4.78 is 0. The highest BCUT2D eigenvalue weighted by molar-refractivity contribution is 5.96. The number of hydrogen-bond acceptors (Lipinski definition) is 6. The van der Waals surface area contributed by atoms with Crippen molar-refractivity contribution in [2.75, 3.05) is 24.5 Å². The molecule has 1 fully saturated rings. The summed E-state index contributed by atoms with van der Waals surface area (Å²) in [7, 11) is 0. The number of rotatable bonds is 1. The van der Waals surface area contributed by atoms with Crippen LogP contribution in [0.4, 0.5) is 5.82 Å². The predicted molar refractivity (Wildman–Crippen MR) is 101 cm³/mol. The number of carbonyl (C=O) groups is 1. The maximum Gasteiger partial charge on any atom is 0.270 e. The van der Waals surface area contributed by atoms with Gasteiger partial charge in [0, 0.05) is 36.8 Å². The number of anilines is 1. The molecule has 1 spiro atoms. The summed E-state index contributed by atoms with van der Waals surface area (Å²) in [6, 6.07) is 0. The van der Waals surface area contributed by atoms with Crippen LogP contribution in [0.25, 0.3) is 0 Å². The maximum atomic E-state index is 12.3. The highest BCUT2D eigenvalue weighted by Crippen LogP contribution is 2.45. The second-order valence-corrected chi connectivity index (χ2v) is 8.02. The van der Waals surface area contributed by atoms with E-state index in [0.29, 0.717) is 18.1 Å². The zero-order valence-electron chi connectivity index (χ0n) is 15.9. The van der Waals surface area contributed by atoms with E-state index in [4.69, 9.17) is 9.97 Å². The molecule has 4 heterocycles. The van der Waals surface area contributed by atoms with E-state index in [9.17, 15) is 4.79 Å². The summed E-state index contributed by atoms with van der Waals surface area (Å²) in [5.41, 5.74) is 4.15. The largest absolute Gasteiger partial charge is 0.355 e. The summed E-state index contributed by atoms with van der Waals surface area (Å²) >= 11 is 0. The topological polar surface area (TPSA) is 83.9 Å². The zero-order valence-corrected chi connectivity index (χ0v) is 15.9. The van der Waals surface area contributed by atoms with Gasteiger partial charge in [-0.3, -0.25) is 4.79 Å². The van der Waals surface area contributed by atoms with Crippen LogP contribution in [0.5, 0.6) is 0 Å². The molecule has 1 unspecified atom stereocenters. The maximum absolute atomic E-state index is 12.3. The number of fused-ring (bicyclic) bond motifs is 3. The molecular formula is C20H24N6O. The van der Waals surface area contributed by atoms with Crippen molar-refractivity contribution >= 4 is 11.7 Å². The Bertz CT molecular complexity index is 938. The van der Waals surface area contributed by atoms with Gasteiger partial charge in [0.05, 0.1) is 5.69 Å². The average Bonchev–Trinajstić information content (AvgIpc) is 2.99. The number of amides is 1. The molecule has 3 aliphatic rings. The lowest BCUT2D eigenvalue weighted by atomic mass is 9.77. The van der Waals surface area contributed by atoms with Crippen molar-refractivity contribution in [3.63, 3.8) is 0 Å². The van der Waals surface area contributed by atoms with Crippen LogP contribution in [0.2, 0.25) is 0 Å². The Labute approximate surface area is 158 Å². The molecule has 1 amide bonds. The second kappa shape index (κ2) is 5.97. The van der Waals surface area contributed by atoms with E-state index in [1.54, 1.807) is 0 Å². The molecule has 7 nitrogen and oxygen atoms in total. The van der Waals surface area contributed by atoms with Gasteiger partial charge in [-0.2, -0.15) is 0 Å². The molecule has 1 saturated heterocycles. The number of nitrogens with zero attached hydrogens (tertiary/aromatic N) is 5. The number of carbonyl (C=O) groups excluding carboxylic acids is 1. The Kier molecular flexibility index (Phi) is 3.67. The number of aromatic nitrogens is 4. The van der Waals surface area contributed by atoms with E-state index in [1.807, 2.05) is 20.0 Å². The standard InChI is InChI=1S/C20H24N6O/c1-12-22-10-14-4-7-20(17(14)24-12)6-3-9-26(11-20)18-15-5-8-21-19(27)16(15)23-13(2)25-18/h10H,3-9,11H2,1-2H3,(H,21,27). The summed E-state index contributed by atoms with van der Waals surface area (Å²) in [5, 5.41) is 2.90. The number of nitrogens with one attached hydrogen (secondary N) is 1. The van der Waals surface area contributed by atoms with Crippen molar-refractivity contribution in [2.24, 2.45) is 0 Å². The lowest BCUT2D eigenvalue weighted by Gasteiger charge is -2.42. The van der Waals surface area contributed by atoms with Crippen molar-refractivity contribution in [3.8, 4) is 0 Å². The Hall–Kier alpha value is -2.57. The minimum atomic E-state index is -0.0794. The van der Waals surface area contributed by atoms with Crippen molar-refractivity contribution in [1.82, 2.24) is 25.3 Å². The third kappa shape index (κ3) is 2.59. The molecule has 0 aromatic carbocycles. The van der Waals surface area contributed by atoms with Crippen LogP contribution in [-0.2, 0) is 18.3 Å². The van der Waals surface area contributed by atoms with Gasteiger partial charge in [0.15, 0.2) is 0 Å². The molecule has 2 aromatic heterocycles. The monoisotopic (exact) mass is 364 g/mol. The van der Waals surface area contributed by atoms with Gasteiger partial charge in [-0.25, -0.2) is 19.9 Å². The minimum absolute atomic E-state index is 0.0734. The lowest BCUT2D eigenvalue weighted by molar-refractivity contribution is 0.0940. The molecule has 0 bridgehead atoms. The van der Waals surface area contributed by atoms with Crippen LogP contribution < -0.4 is 10.2 Å². The van der Waals surface area contributed by atoms with Crippen LogP contribution in [0.3, 0.4) is 0 Å². The minimum Gasteiger partial charge on any atom is -0.355 e. The van der Waals surface area contributed by atoms with Gasteiger partial charge >= 0.3 is 0 Å². The summed E-state index contributed by atoms with van der Waals surface area (Å²) in [6.07, 6.45) is 7.22. The molecule has 2 aromatic rings. The van der Waals surface area contributed by atoms with Gasteiger partial charge in [-0.05, 0) is 51.5 Å². The first kappa shape index (κ1) is 16.6. The van der Waals surface area contributed by atoms with E-state index in [1.165, 1.54) is 11.3 Å². The third-order valence-electron chi connectivity index (χ3n) is 6.21. The van der Waals surface area contributed by atoms with E-state index in [2.05, 4.69) is 20.2 Å². The quantitative estimate of drug-likeness (QED) is 0.828. The van der Waals surface area contributed by atoms with Crippen molar-refractivity contribution in [2.45, 2.75) is 51.4 Å². The lowest BCUT2D eigenvalue weighted by Crippen LogP contribution is -2.47. The molecule has 7 heteroatoms. The summed E-state index contributed by atoms with van der Waals surface area (Å²) in [6.45, 7) is 6.36. The summed E-state index contributed by atoms with van der Waals surface area (Å²) in [5.74, 6) is 2.37. The van der Waals surface area contributed by atoms with E-state index < -0.39 is 0 Å². The molecule has 0 radical (unpaired) electrons. The van der Waals surface area contributed by atoms with Gasteiger partial charge in [0.25, 0.3) is 5.91 Å². The van der Waals surface area contributed by atoms with E-state index in [0.717, 1.165) is 62.4 Å². The SMILES string of the molecule is Cc1nc2c(c(N3CCCC4(CCc5cnc(C)nc54)C3)n1)CCNC2=O. The normalized spacial score (nSPS) is 23.9. The molecule has 1 atom stereocenters. The Balaban J connectivity index is 1.56. The average molecular weight is 364 g/mol. The van der Waals surface area contributed by atoms with E-state index in [-0.39, 0.29) is 11.3 Å². The number of piperidine rings is 1. The Morgan fingerprint density at radius 1 is 1.11 bits per heavy atom. The number of aryl methyl sites for hydroxylation is 3. The molecule has 27 heavy (non-hydrogen) atoms. The second-order valence-electron chi connectivity index (χ2n) is 8.02. The fourth-order valence-electron chi connectivity index (χ4n) is 4.98. The van der Waals surface area contributed by atoms with Crippen molar-refractivity contribution in [3.05, 3.63) is 40.4 Å². The van der Waals surface area contributed by atoms with Gasteiger partial charge in [0.1, 0.15) is 23.2 Å². The molecule has 140 valence electrons. The Morgan fingerprint density at radius 2 is 2.00 bits per heavy atom. The van der Waals surface area contributed by atoms with Crippen LogP contribution in [0, 0.1) is 13.8 Å². The fourth-order valence-corrected chi connectivity index (χ4v) is 4.98. The third-order valence-corrected chi connectivity index (χ3v) is 6.21. The van der Waals surface area contributed by atoms with Gasteiger partial charge in [-0.1, -0.05) is 0 Å². The highest BCUT2D eigenvalue weighted by atomic mass is 16.1.